The van der Waals surface area contributed by atoms with Gasteiger partial charge in [0.15, 0.2) is 0 Å². The summed E-state index contributed by atoms with van der Waals surface area (Å²) in [6, 6.07) is 14.4. The van der Waals surface area contributed by atoms with Crippen molar-refractivity contribution in [3.63, 3.8) is 0 Å². The number of alkyl carbamates (subject to hydrolysis) is 1. The van der Waals surface area contributed by atoms with Gasteiger partial charge in [-0.3, -0.25) is 4.79 Å². The third-order valence-electron chi connectivity index (χ3n) is 5.08. The standard InChI is InChI=1S/C25H27NO6/c1-17-15-23(28)32-24-18(2)21(13-12-20(17)24)31-22(27)11-7-4-8-14-26-25(29)30-16-19-9-5-3-6-10-19/h3,5-6,9-10,12-13,15H,4,7-8,11,14,16H2,1-2H3,(H,26,29). The lowest BCUT2D eigenvalue weighted by Gasteiger charge is -2.10. The molecule has 2 aromatic carbocycles. The van der Waals surface area contributed by atoms with Gasteiger partial charge >= 0.3 is 17.7 Å². The van der Waals surface area contributed by atoms with E-state index >= 15 is 0 Å². The van der Waals surface area contributed by atoms with Crippen LogP contribution in [0.15, 0.2) is 57.7 Å². The molecule has 0 bridgehead atoms. The van der Waals surface area contributed by atoms with Crippen molar-refractivity contribution in [2.45, 2.75) is 46.1 Å². The van der Waals surface area contributed by atoms with Crippen LogP contribution in [0.3, 0.4) is 0 Å². The van der Waals surface area contributed by atoms with Gasteiger partial charge in [0, 0.05) is 30.0 Å². The van der Waals surface area contributed by atoms with Crippen molar-refractivity contribution in [1.82, 2.24) is 5.32 Å². The van der Waals surface area contributed by atoms with Crippen molar-refractivity contribution in [1.29, 1.82) is 0 Å². The van der Waals surface area contributed by atoms with Gasteiger partial charge in [-0.05, 0) is 49.9 Å². The van der Waals surface area contributed by atoms with Gasteiger partial charge in [0.2, 0.25) is 0 Å². The number of carbonyl (C=O) groups is 2. The van der Waals surface area contributed by atoms with E-state index in [4.69, 9.17) is 13.9 Å². The maximum Gasteiger partial charge on any atom is 0.407 e. The zero-order valence-electron chi connectivity index (χ0n) is 18.3. The molecule has 168 valence electrons. The molecule has 3 aromatic rings. The lowest BCUT2D eigenvalue weighted by atomic mass is 10.1. The molecule has 1 aromatic heterocycles. The number of esters is 1. The van der Waals surface area contributed by atoms with Crippen LogP contribution < -0.4 is 15.7 Å². The second-order valence-corrected chi connectivity index (χ2v) is 7.59. The summed E-state index contributed by atoms with van der Waals surface area (Å²) in [5, 5.41) is 3.52. The van der Waals surface area contributed by atoms with Gasteiger partial charge in [0.25, 0.3) is 0 Å². The van der Waals surface area contributed by atoms with Crippen molar-refractivity contribution in [2.24, 2.45) is 0 Å². The Balaban J connectivity index is 1.35. The summed E-state index contributed by atoms with van der Waals surface area (Å²) in [4.78, 5) is 35.5. The number of nitrogens with one attached hydrogen (secondary N) is 1. The fourth-order valence-corrected chi connectivity index (χ4v) is 3.32. The normalized spacial score (nSPS) is 10.7. The van der Waals surface area contributed by atoms with E-state index in [2.05, 4.69) is 5.32 Å². The molecule has 0 spiro atoms. The van der Waals surface area contributed by atoms with Gasteiger partial charge < -0.3 is 19.2 Å². The number of hydrogen-bond donors (Lipinski definition) is 1. The predicted molar refractivity (Wildman–Crippen MR) is 121 cm³/mol. The summed E-state index contributed by atoms with van der Waals surface area (Å²) in [5.41, 5.74) is 2.37. The van der Waals surface area contributed by atoms with Gasteiger partial charge in [0.1, 0.15) is 17.9 Å². The molecule has 3 rings (SSSR count). The zero-order valence-corrected chi connectivity index (χ0v) is 18.3. The highest BCUT2D eigenvalue weighted by Crippen LogP contribution is 2.28. The van der Waals surface area contributed by atoms with Gasteiger partial charge in [0.05, 0.1) is 0 Å². The molecule has 1 amide bonds. The maximum atomic E-state index is 12.2. The van der Waals surface area contributed by atoms with Gasteiger partial charge in [-0.2, -0.15) is 0 Å². The van der Waals surface area contributed by atoms with Crippen LogP contribution in [0.5, 0.6) is 5.75 Å². The highest BCUT2D eigenvalue weighted by Gasteiger charge is 2.13. The number of benzene rings is 2. The smallest absolute Gasteiger partial charge is 0.407 e. The van der Waals surface area contributed by atoms with Gasteiger partial charge in [-0.1, -0.05) is 36.8 Å². The quantitative estimate of drug-likeness (QED) is 0.224. The highest BCUT2D eigenvalue weighted by atomic mass is 16.5. The molecule has 0 fully saturated rings. The van der Waals surface area contributed by atoms with Crippen LogP contribution in [0.25, 0.3) is 11.0 Å². The maximum absolute atomic E-state index is 12.2. The fraction of sp³-hybridized carbons (Fsp3) is 0.320. The molecule has 32 heavy (non-hydrogen) atoms. The number of hydrogen-bond acceptors (Lipinski definition) is 6. The zero-order chi connectivity index (χ0) is 22.9. The molecular weight excluding hydrogens is 410 g/mol. The molecule has 1 heterocycles. The lowest BCUT2D eigenvalue weighted by Crippen LogP contribution is -2.25. The number of ether oxygens (including phenoxy) is 2. The van der Waals surface area contributed by atoms with Gasteiger partial charge in [-0.15, -0.1) is 0 Å². The summed E-state index contributed by atoms with van der Waals surface area (Å²) in [5.74, 6) is 0.0387. The first-order valence-corrected chi connectivity index (χ1v) is 10.6. The van der Waals surface area contributed by atoms with Crippen molar-refractivity contribution in [2.75, 3.05) is 6.54 Å². The molecule has 7 nitrogen and oxygen atoms in total. The minimum Gasteiger partial charge on any atom is -0.445 e. The van der Waals surface area contributed by atoms with E-state index in [9.17, 15) is 14.4 Å². The molecule has 0 aliphatic heterocycles. The average Bonchev–Trinajstić information content (AvgIpc) is 2.77. The lowest BCUT2D eigenvalue weighted by molar-refractivity contribution is -0.134. The molecule has 0 aliphatic rings. The summed E-state index contributed by atoms with van der Waals surface area (Å²) < 4.78 is 15.9. The molecule has 0 unspecified atom stereocenters. The van der Waals surface area contributed by atoms with E-state index in [0.717, 1.165) is 29.4 Å². The van der Waals surface area contributed by atoms with Crippen LogP contribution in [-0.2, 0) is 16.1 Å². The number of carbonyl (C=O) groups excluding carboxylic acids is 2. The first-order chi connectivity index (χ1) is 15.4. The Morgan fingerprint density at radius 3 is 2.56 bits per heavy atom. The molecule has 0 atom stereocenters. The minimum atomic E-state index is -0.457. The Morgan fingerprint density at radius 2 is 1.78 bits per heavy atom. The van der Waals surface area contributed by atoms with Crippen molar-refractivity contribution in [3.05, 3.63) is 75.6 Å². The largest absolute Gasteiger partial charge is 0.445 e. The monoisotopic (exact) mass is 437 g/mol. The molecular formula is C25H27NO6. The Labute approximate surface area is 186 Å². The topological polar surface area (TPSA) is 94.8 Å². The van der Waals surface area contributed by atoms with Crippen LogP contribution in [0.4, 0.5) is 4.79 Å². The van der Waals surface area contributed by atoms with Crippen LogP contribution in [0, 0.1) is 13.8 Å². The molecule has 0 saturated heterocycles. The van der Waals surface area contributed by atoms with Crippen LogP contribution in [0.1, 0.15) is 42.4 Å². The third kappa shape index (κ3) is 6.44. The van der Waals surface area contributed by atoms with E-state index in [1.807, 2.05) is 37.3 Å². The number of aryl methyl sites for hydroxylation is 2. The third-order valence-corrected chi connectivity index (χ3v) is 5.08. The number of fused-ring (bicyclic) bond motifs is 1. The fourth-order valence-electron chi connectivity index (χ4n) is 3.32. The molecule has 0 saturated carbocycles. The first-order valence-electron chi connectivity index (χ1n) is 10.6. The van der Waals surface area contributed by atoms with Crippen LogP contribution in [-0.4, -0.2) is 18.6 Å². The minimum absolute atomic E-state index is 0.232. The van der Waals surface area contributed by atoms with E-state index in [1.165, 1.54) is 6.07 Å². The Morgan fingerprint density at radius 1 is 1.00 bits per heavy atom. The first kappa shape index (κ1) is 23.1. The number of unbranched alkanes of at least 4 members (excludes halogenated alkanes) is 2. The van der Waals surface area contributed by atoms with E-state index < -0.39 is 11.7 Å². The molecule has 0 aliphatic carbocycles. The Hall–Kier alpha value is -3.61. The SMILES string of the molecule is Cc1cc(=O)oc2c(C)c(OC(=O)CCCCCNC(=O)OCc3ccccc3)ccc12. The van der Waals surface area contributed by atoms with Gasteiger partial charge in [-0.25, -0.2) is 9.59 Å². The molecule has 7 heteroatoms. The van der Waals surface area contributed by atoms with Crippen molar-refractivity contribution < 1.29 is 23.5 Å². The number of amides is 1. The van der Waals surface area contributed by atoms with Crippen molar-refractivity contribution >= 4 is 23.0 Å². The predicted octanol–water partition coefficient (Wildman–Crippen LogP) is 4.80. The van der Waals surface area contributed by atoms with E-state index in [0.29, 0.717) is 29.9 Å². The highest BCUT2D eigenvalue weighted by molar-refractivity contribution is 5.85. The summed E-state index contributed by atoms with van der Waals surface area (Å²) in [6.07, 6.45) is 1.93. The van der Waals surface area contributed by atoms with Crippen molar-refractivity contribution in [3.8, 4) is 5.75 Å². The summed E-state index contributed by atoms with van der Waals surface area (Å²) >= 11 is 0. The van der Waals surface area contributed by atoms with Crippen LogP contribution >= 0.6 is 0 Å². The second-order valence-electron chi connectivity index (χ2n) is 7.59. The molecule has 0 radical (unpaired) electrons. The second kappa shape index (κ2) is 11.1. The van der Waals surface area contributed by atoms with E-state index in [1.54, 1.807) is 19.1 Å². The van der Waals surface area contributed by atoms with E-state index in [-0.39, 0.29) is 19.0 Å². The number of rotatable bonds is 9. The average molecular weight is 437 g/mol. The van der Waals surface area contributed by atoms with Crippen LogP contribution in [0.2, 0.25) is 0 Å². The Kier molecular flexibility index (Phi) is 8.02. The molecule has 1 N–H and O–H groups in total. The summed E-state index contributed by atoms with van der Waals surface area (Å²) in [6.45, 7) is 4.30. The Bertz CT molecular complexity index is 1140. The summed E-state index contributed by atoms with van der Waals surface area (Å²) in [7, 11) is 0.